The summed E-state index contributed by atoms with van der Waals surface area (Å²) < 4.78 is 5.42. The number of nitrogens with zero attached hydrogens (tertiary/aromatic N) is 1. The van der Waals surface area contributed by atoms with E-state index in [1.165, 1.54) is 9.75 Å². The topological polar surface area (TPSA) is 124 Å². The van der Waals surface area contributed by atoms with E-state index >= 15 is 0 Å². The monoisotopic (exact) mass is 529 g/mol. The molecule has 35 heavy (non-hydrogen) atoms. The zero-order valence-corrected chi connectivity index (χ0v) is 20.5. The van der Waals surface area contributed by atoms with E-state index in [9.17, 15) is 24.6 Å². The van der Waals surface area contributed by atoms with Gasteiger partial charge in [0.1, 0.15) is 18.8 Å². The van der Waals surface area contributed by atoms with Gasteiger partial charge in [0, 0.05) is 24.4 Å². The van der Waals surface area contributed by atoms with E-state index in [4.69, 9.17) is 9.84 Å². The highest BCUT2D eigenvalue weighted by Gasteiger charge is 2.20. The van der Waals surface area contributed by atoms with Crippen molar-refractivity contribution in [3.8, 4) is 35.7 Å². The molecule has 0 atom stereocenters. The molecule has 0 bridgehead atoms. The number of anilines is 1. The summed E-state index contributed by atoms with van der Waals surface area (Å²) in [4.78, 5) is 40.3. The van der Waals surface area contributed by atoms with Crippen molar-refractivity contribution in [3.63, 3.8) is 0 Å². The van der Waals surface area contributed by atoms with Gasteiger partial charge in [0.25, 0.3) is 0 Å². The average Bonchev–Trinajstić information content (AvgIpc) is 3.57. The summed E-state index contributed by atoms with van der Waals surface area (Å²) in [5.74, 6) is -3.55. The summed E-state index contributed by atoms with van der Waals surface area (Å²) in [6.07, 6.45) is 0. The fraction of sp³-hybridized carbons (Fsp3) is 0.125. The van der Waals surface area contributed by atoms with Crippen LogP contribution in [0.2, 0.25) is 0 Å². The third-order valence-corrected chi connectivity index (χ3v) is 8.29. The highest BCUT2D eigenvalue weighted by molar-refractivity contribution is 7.27. The third kappa shape index (κ3) is 6.07. The van der Waals surface area contributed by atoms with Gasteiger partial charge < -0.3 is 25.0 Å². The number of carboxylic acids is 3. The second-order valence-electron chi connectivity index (χ2n) is 7.31. The minimum atomic E-state index is -1.22. The lowest BCUT2D eigenvalue weighted by atomic mass is 10.1. The molecule has 0 aliphatic heterocycles. The summed E-state index contributed by atoms with van der Waals surface area (Å²) in [5.41, 5.74) is 0.932. The van der Waals surface area contributed by atoms with Crippen LogP contribution in [0, 0.1) is 0 Å². The summed E-state index contributed by atoms with van der Waals surface area (Å²) in [6.45, 7) is -1.81. The number of carbonyl (C=O) groups is 3. The first-order chi connectivity index (χ1) is 16.8. The van der Waals surface area contributed by atoms with E-state index in [2.05, 4.69) is 18.2 Å². The van der Waals surface area contributed by atoms with Crippen molar-refractivity contribution in [3.05, 3.63) is 60.0 Å². The molecule has 3 heterocycles. The minimum Gasteiger partial charge on any atom is -0.480 e. The highest BCUT2D eigenvalue weighted by atomic mass is 32.1. The molecule has 180 valence electrons. The molecule has 4 rings (SSSR count). The second kappa shape index (κ2) is 10.7. The number of ether oxygens (including phenoxy) is 1. The predicted octanol–water partition coefficient (Wildman–Crippen LogP) is 5.31. The SMILES string of the molecule is O=C(O)COc1cc(-c2ccc(-c3ccc(-c4cccs4)s3)s2)ccc1N(CC(=O)O)CC(=O)O. The van der Waals surface area contributed by atoms with Crippen molar-refractivity contribution in [2.45, 2.75) is 0 Å². The Morgan fingerprint density at radius 3 is 1.91 bits per heavy atom. The Balaban J connectivity index is 1.65. The molecule has 3 aromatic heterocycles. The van der Waals surface area contributed by atoms with Gasteiger partial charge in [-0.1, -0.05) is 12.1 Å². The van der Waals surface area contributed by atoms with E-state index in [1.54, 1.807) is 52.2 Å². The van der Waals surface area contributed by atoms with Crippen molar-refractivity contribution in [1.82, 2.24) is 0 Å². The van der Waals surface area contributed by atoms with Gasteiger partial charge in [-0.15, -0.1) is 34.0 Å². The van der Waals surface area contributed by atoms with Crippen molar-refractivity contribution < 1.29 is 34.4 Å². The summed E-state index contributed by atoms with van der Waals surface area (Å²) in [5, 5.41) is 29.5. The van der Waals surface area contributed by atoms with E-state index in [0.717, 1.165) is 25.1 Å². The molecule has 0 saturated carbocycles. The van der Waals surface area contributed by atoms with Gasteiger partial charge in [-0.2, -0.15) is 0 Å². The normalized spacial score (nSPS) is 10.7. The van der Waals surface area contributed by atoms with E-state index in [0.29, 0.717) is 0 Å². The van der Waals surface area contributed by atoms with Crippen molar-refractivity contribution in [2.75, 3.05) is 24.6 Å². The maximum absolute atomic E-state index is 11.3. The number of benzene rings is 1. The van der Waals surface area contributed by atoms with Crippen LogP contribution in [-0.2, 0) is 14.4 Å². The van der Waals surface area contributed by atoms with Gasteiger partial charge in [0.2, 0.25) is 0 Å². The molecule has 0 fully saturated rings. The summed E-state index contributed by atoms with van der Waals surface area (Å²) in [7, 11) is 0. The maximum atomic E-state index is 11.3. The highest BCUT2D eigenvalue weighted by Crippen LogP contribution is 2.42. The van der Waals surface area contributed by atoms with E-state index < -0.39 is 37.6 Å². The van der Waals surface area contributed by atoms with Gasteiger partial charge >= 0.3 is 17.9 Å². The predicted molar refractivity (Wildman–Crippen MR) is 137 cm³/mol. The quantitative estimate of drug-likeness (QED) is 0.239. The Morgan fingerprint density at radius 2 is 1.34 bits per heavy atom. The zero-order valence-electron chi connectivity index (χ0n) is 18.0. The lowest BCUT2D eigenvalue weighted by molar-refractivity contribution is -0.140. The number of carboxylic acid groups (broad SMARTS) is 3. The van der Waals surface area contributed by atoms with Crippen molar-refractivity contribution >= 4 is 57.6 Å². The molecule has 0 unspecified atom stereocenters. The van der Waals surface area contributed by atoms with Crippen LogP contribution in [0.25, 0.3) is 29.9 Å². The van der Waals surface area contributed by atoms with Crippen LogP contribution < -0.4 is 9.64 Å². The van der Waals surface area contributed by atoms with E-state index in [1.807, 2.05) is 23.6 Å². The average molecular weight is 530 g/mol. The Kier molecular flexibility index (Phi) is 7.49. The molecule has 0 amide bonds. The maximum Gasteiger partial charge on any atom is 0.341 e. The fourth-order valence-electron chi connectivity index (χ4n) is 3.38. The second-order valence-corrected chi connectivity index (χ2v) is 10.4. The first kappa shape index (κ1) is 24.5. The Bertz CT molecular complexity index is 1340. The molecule has 0 radical (unpaired) electrons. The van der Waals surface area contributed by atoms with Crippen LogP contribution in [0.4, 0.5) is 5.69 Å². The smallest absolute Gasteiger partial charge is 0.341 e. The number of hydrogen-bond donors (Lipinski definition) is 3. The van der Waals surface area contributed by atoms with Gasteiger partial charge in [-0.3, -0.25) is 9.59 Å². The lowest BCUT2D eigenvalue weighted by Gasteiger charge is -2.23. The molecular formula is C24H19NO7S3. The van der Waals surface area contributed by atoms with Gasteiger partial charge in [0.05, 0.1) is 5.69 Å². The molecule has 0 aliphatic rings. The van der Waals surface area contributed by atoms with Crippen molar-refractivity contribution in [1.29, 1.82) is 0 Å². The minimum absolute atomic E-state index is 0.0958. The summed E-state index contributed by atoms with van der Waals surface area (Å²) >= 11 is 4.94. The molecule has 3 N–H and O–H groups in total. The molecule has 0 spiro atoms. The molecule has 4 aromatic rings. The first-order valence-corrected chi connectivity index (χ1v) is 12.7. The third-order valence-electron chi connectivity index (χ3n) is 4.81. The molecule has 0 saturated heterocycles. The number of thiophene rings is 3. The largest absolute Gasteiger partial charge is 0.480 e. The van der Waals surface area contributed by atoms with Crippen LogP contribution in [0.1, 0.15) is 0 Å². The molecule has 8 nitrogen and oxygen atoms in total. The lowest BCUT2D eigenvalue weighted by Crippen LogP contribution is -2.34. The van der Waals surface area contributed by atoms with Crippen LogP contribution >= 0.6 is 34.0 Å². The number of hydrogen-bond acceptors (Lipinski definition) is 8. The molecule has 11 heteroatoms. The zero-order chi connectivity index (χ0) is 24.9. The number of rotatable bonds is 11. The van der Waals surface area contributed by atoms with Crippen LogP contribution in [0.15, 0.2) is 60.0 Å². The fourth-order valence-corrected chi connectivity index (χ4v) is 6.32. The van der Waals surface area contributed by atoms with Crippen LogP contribution in [-0.4, -0.2) is 52.9 Å². The van der Waals surface area contributed by atoms with Gasteiger partial charge in [-0.25, -0.2) is 4.79 Å². The number of aliphatic carboxylic acids is 3. The van der Waals surface area contributed by atoms with Gasteiger partial charge in [0.15, 0.2) is 6.61 Å². The summed E-state index contributed by atoms with van der Waals surface area (Å²) in [6, 6.07) is 17.1. The van der Waals surface area contributed by atoms with Crippen molar-refractivity contribution in [2.24, 2.45) is 0 Å². The molecule has 0 aliphatic carbocycles. The van der Waals surface area contributed by atoms with Crippen LogP contribution in [0.3, 0.4) is 0 Å². The Labute approximate surface area is 211 Å². The van der Waals surface area contributed by atoms with Crippen LogP contribution in [0.5, 0.6) is 5.75 Å². The first-order valence-electron chi connectivity index (χ1n) is 10.2. The van der Waals surface area contributed by atoms with E-state index in [-0.39, 0.29) is 11.4 Å². The molecular weight excluding hydrogens is 510 g/mol. The molecule has 1 aromatic carbocycles. The Hall–Kier alpha value is -3.67. The standard InChI is InChI=1S/C24H19NO7S3/c26-22(27)11-25(12-23(28)29)15-4-3-14(10-16(15)32-13-24(30)31)17-5-6-20(34-17)21-8-7-19(35-21)18-2-1-9-33-18/h1-10H,11-13H2,(H,26,27)(H,28,29)(H,30,31). The Morgan fingerprint density at radius 1 is 0.743 bits per heavy atom. The van der Waals surface area contributed by atoms with Gasteiger partial charge in [-0.05, 0) is 53.4 Å².